The molecule has 0 bridgehead atoms. The first-order chi connectivity index (χ1) is 11.4. The molecule has 4 rings (SSSR count). The molecule has 1 amide bonds. The van der Waals surface area contributed by atoms with Gasteiger partial charge in [0.2, 0.25) is 5.91 Å². The number of likely N-dealkylation sites (tertiary alicyclic amines) is 1. The van der Waals surface area contributed by atoms with Crippen molar-refractivity contribution in [2.75, 3.05) is 13.1 Å². The molecule has 2 saturated carbocycles. The van der Waals surface area contributed by atoms with Gasteiger partial charge >= 0.3 is 0 Å². The molecule has 4 nitrogen and oxygen atoms in total. The summed E-state index contributed by atoms with van der Waals surface area (Å²) < 4.78 is 2.19. The molecule has 0 N–H and O–H groups in total. The van der Waals surface area contributed by atoms with Crippen LogP contribution in [0.1, 0.15) is 77.3 Å². The van der Waals surface area contributed by atoms with Gasteiger partial charge in [-0.2, -0.15) is 5.10 Å². The lowest BCUT2D eigenvalue weighted by Gasteiger charge is -2.43. The van der Waals surface area contributed by atoms with Crippen LogP contribution in [0.5, 0.6) is 0 Å². The van der Waals surface area contributed by atoms with E-state index in [1.807, 2.05) is 0 Å². The molecular weight excluding hydrogens is 298 g/mol. The van der Waals surface area contributed by atoms with E-state index in [4.69, 9.17) is 0 Å². The minimum absolute atomic E-state index is 0.0542. The summed E-state index contributed by atoms with van der Waals surface area (Å²) >= 11 is 0. The van der Waals surface area contributed by atoms with Crippen LogP contribution >= 0.6 is 0 Å². The minimum Gasteiger partial charge on any atom is -0.342 e. The van der Waals surface area contributed by atoms with Gasteiger partial charge in [-0.1, -0.05) is 27.2 Å². The van der Waals surface area contributed by atoms with E-state index in [2.05, 4.69) is 47.8 Å². The quantitative estimate of drug-likeness (QED) is 0.839. The van der Waals surface area contributed by atoms with E-state index < -0.39 is 0 Å². The Morgan fingerprint density at radius 2 is 1.88 bits per heavy atom. The van der Waals surface area contributed by atoms with Crippen molar-refractivity contribution in [1.82, 2.24) is 14.7 Å². The number of hydrogen-bond acceptors (Lipinski definition) is 2. The zero-order valence-electron chi connectivity index (χ0n) is 15.4. The lowest BCUT2D eigenvalue weighted by Crippen LogP contribution is -2.49. The molecule has 3 aliphatic rings. The number of rotatable bonds is 4. The number of nitrogens with zero attached hydrogens (tertiary/aromatic N) is 3. The largest absolute Gasteiger partial charge is 0.342 e. The third-order valence-electron chi connectivity index (χ3n) is 7.17. The molecular formula is C20H31N3O. The average molecular weight is 329 g/mol. The summed E-state index contributed by atoms with van der Waals surface area (Å²) in [7, 11) is 0. The summed E-state index contributed by atoms with van der Waals surface area (Å²) in [6.07, 6.45) is 12.4. The van der Waals surface area contributed by atoms with Gasteiger partial charge in [0, 0.05) is 30.1 Å². The van der Waals surface area contributed by atoms with E-state index in [0.29, 0.717) is 23.3 Å². The van der Waals surface area contributed by atoms with Gasteiger partial charge in [-0.05, 0) is 50.0 Å². The maximum atomic E-state index is 12.7. The molecule has 0 unspecified atom stereocenters. The molecule has 24 heavy (non-hydrogen) atoms. The van der Waals surface area contributed by atoms with Crippen molar-refractivity contribution in [3.63, 3.8) is 0 Å². The maximum Gasteiger partial charge on any atom is 0.228 e. The van der Waals surface area contributed by atoms with E-state index in [1.165, 1.54) is 24.8 Å². The molecule has 1 aromatic rings. The fourth-order valence-corrected chi connectivity index (χ4v) is 4.77. The molecule has 2 aliphatic carbocycles. The standard InChI is InChI=1S/C20H31N3O/c1-15(2)20(9-10-20)16-13-21-23(14-16)17-5-11-22(12-6-17)18(24)19(3)7-4-8-19/h13-15,17H,4-12H2,1-3H3. The summed E-state index contributed by atoms with van der Waals surface area (Å²) in [5, 5.41) is 4.69. The number of hydrogen-bond donors (Lipinski definition) is 0. The summed E-state index contributed by atoms with van der Waals surface area (Å²) in [4.78, 5) is 14.8. The number of piperidine rings is 1. The Labute approximate surface area is 145 Å². The van der Waals surface area contributed by atoms with Crippen LogP contribution in [0, 0.1) is 11.3 Å². The number of aromatic nitrogens is 2. The predicted molar refractivity (Wildman–Crippen MR) is 94.8 cm³/mol. The normalized spacial score (nSPS) is 25.6. The highest BCUT2D eigenvalue weighted by Crippen LogP contribution is 2.53. The molecule has 1 saturated heterocycles. The minimum atomic E-state index is -0.0542. The number of amides is 1. The summed E-state index contributed by atoms with van der Waals surface area (Å²) in [6, 6.07) is 0.458. The second-order valence-corrected chi connectivity index (χ2v) is 8.96. The van der Waals surface area contributed by atoms with Crippen molar-refractivity contribution in [3.8, 4) is 0 Å². The van der Waals surface area contributed by atoms with E-state index >= 15 is 0 Å². The highest BCUT2D eigenvalue weighted by atomic mass is 16.2. The molecule has 0 aromatic carbocycles. The van der Waals surface area contributed by atoms with Crippen molar-refractivity contribution in [3.05, 3.63) is 18.0 Å². The van der Waals surface area contributed by atoms with E-state index in [1.54, 1.807) is 0 Å². The van der Waals surface area contributed by atoms with Gasteiger partial charge in [0.1, 0.15) is 0 Å². The van der Waals surface area contributed by atoms with Crippen LogP contribution in [0.25, 0.3) is 0 Å². The van der Waals surface area contributed by atoms with Crippen LogP contribution in [0.2, 0.25) is 0 Å². The van der Waals surface area contributed by atoms with Crippen LogP contribution in [0.4, 0.5) is 0 Å². The monoisotopic (exact) mass is 329 g/mol. The van der Waals surface area contributed by atoms with Gasteiger partial charge in [0.15, 0.2) is 0 Å². The van der Waals surface area contributed by atoms with Crippen molar-refractivity contribution in [2.24, 2.45) is 11.3 Å². The van der Waals surface area contributed by atoms with Crippen LogP contribution in [0.15, 0.2) is 12.4 Å². The zero-order chi connectivity index (χ0) is 16.9. The second kappa shape index (κ2) is 5.60. The van der Waals surface area contributed by atoms with Gasteiger partial charge in [-0.3, -0.25) is 9.48 Å². The van der Waals surface area contributed by atoms with Gasteiger partial charge in [0.25, 0.3) is 0 Å². The predicted octanol–water partition coefficient (Wildman–Crippen LogP) is 3.92. The SMILES string of the molecule is CC(C)C1(c2cnn(C3CCN(C(=O)C4(C)CCC4)CC3)c2)CC1. The lowest BCUT2D eigenvalue weighted by molar-refractivity contribution is -0.147. The van der Waals surface area contributed by atoms with E-state index in [9.17, 15) is 4.79 Å². The molecule has 2 heterocycles. The molecule has 4 heteroatoms. The van der Waals surface area contributed by atoms with Crippen molar-refractivity contribution < 1.29 is 4.79 Å². The molecule has 0 radical (unpaired) electrons. The molecule has 3 fully saturated rings. The molecule has 1 aromatic heterocycles. The Morgan fingerprint density at radius 3 is 2.38 bits per heavy atom. The highest BCUT2D eigenvalue weighted by molar-refractivity contribution is 5.83. The summed E-state index contributed by atoms with van der Waals surface area (Å²) in [6.45, 7) is 8.59. The lowest BCUT2D eigenvalue weighted by atomic mass is 9.69. The second-order valence-electron chi connectivity index (χ2n) is 8.96. The Morgan fingerprint density at radius 1 is 1.21 bits per heavy atom. The number of carbonyl (C=O) groups excluding carboxylic acids is 1. The summed E-state index contributed by atoms with van der Waals surface area (Å²) in [5.41, 5.74) is 1.77. The first-order valence-electron chi connectivity index (χ1n) is 9.79. The van der Waals surface area contributed by atoms with Gasteiger partial charge in [-0.15, -0.1) is 0 Å². The average Bonchev–Trinajstić information content (AvgIpc) is 3.23. The Bertz CT molecular complexity index is 617. The fourth-order valence-electron chi connectivity index (χ4n) is 4.77. The van der Waals surface area contributed by atoms with Crippen molar-refractivity contribution >= 4 is 5.91 Å². The third-order valence-corrected chi connectivity index (χ3v) is 7.17. The van der Waals surface area contributed by atoms with Crippen molar-refractivity contribution in [1.29, 1.82) is 0 Å². The van der Waals surface area contributed by atoms with E-state index in [-0.39, 0.29) is 5.41 Å². The third kappa shape index (κ3) is 2.49. The first kappa shape index (κ1) is 16.2. The van der Waals surface area contributed by atoms with Crippen LogP contribution < -0.4 is 0 Å². The Balaban J connectivity index is 1.38. The van der Waals surface area contributed by atoms with Gasteiger partial charge in [-0.25, -0.2) is 0 Å². The Hall–Kier alpha value is -1.32. The van der Waals surface area contributed by atoms with E-state index in [0.717, 1.165) is 38.8 Å². The van der Waals surface area contributed by atoms with Gasteiger partial charge < -0.3 is 4.90 Å². The first-order valence-corrected chi connectivity index (χ1v) is 9.79. The fraction of sp³-hybridized carbons (Fsp3) is 0.800. The number of carbonyl (C=O) groups is 1. The smallest absolute Gasteiger partial charge is 0.228 e. The maximum absolute atomic E-state index is 12.7. The Kier molecular flexibility index (Phi) is 3.77. The van der Waals surface area contributed by atoms with Crippen molar-refractivity contribution in [2.45, 2.75) is 77.2 Å². The molecule has 0 atom stereocenters. The van der Waals surface area contributed by atoms with Crippen LogP contribution in [0.3, 0.4) is 0 Å². The highest BCUT2D eigenvalue weighted by Gasteiger charge is 2.48. The van der Waals surface area contributed by atoms with Crippen LogP contribution in [-0.2, 0) is 10.2 Å². The molecule has 132 valence electrons. The summed E-state index contributed by atoms with van der Waals surface area (Å²) in [5.74, 6) is 1.09. The van der Waals surface area contributed by atoms with Crippen LogP contribution in [-0.4, -0.2) is 33.7 Å². The zero-order valence-corrected chi connectivity index (χ0v) is 15.4. The topological polar surface area (TPSA) is 38.1 Å². The molecule has 0 spiro atoms. The van der Waals surface area contributed by atoms with Gasteiger partial charge in [0.05, 0.1) is 12.2 Å². The molecule has 1 aliphatic heterocycles.